The Hall–Kier alpha value is -0.240. The van der Waals surface area contributed by atoms with Gasteiger partial charge in [0.25, 0.3) is 0 Å². The van der Waals surface area contributed by atoms with E-state index in [1.165, 1.54) is 0 Å². The van der Waals surface area contributed by atoms with Crippen LogP contribution in [0.4, 0.5) is 0 Å². The predicted octanol–water partition coefficient (Wildman–Crippen LogP) is 0.662. The number of likely N-dealkylation sites (N-methyl/N-ethyl adjacent to an activating group) is 1. The van der Waals surface area contributed by atoms with Gasteiger partial charge in [-0.15, -0.1) is 0 Å². The Morgan fingerprint density at radius 1 is 0.524 bits per heavy atom. The van der Waals surface area contributed by atoms with E-state index in [0.717, 1.165) is 45.8 Å². The molecule has 0 aliphatic heterocycles. The molecule has 6 heteroatoms. The molecule has 0 aromatic carbocycles. The third-order valence-electron chi connectivity index (χ3n) is 2.68. The van der Waals surface area contributed by atoms with Crippen LogP contribution >= 0.6 is 0 Å². The molecule has 0 aromatic heterocycles. The molecule has 0 bridgehead atoms. The van der Waals surface area contributed by atoms with Crippen LogP contribution in [0.5, 0.6) is 0 Å². The third-order valence-corrected chi connectivity index (χ3v) is 2.68. The van der Waals surface area contributed by atoms with Gasteiger partial charge >= 0.3 is 0 Å². The van der Waals surface area contributed by atoms with E-state index >= 15 is 0 Å². The van der Waals surface area contributed by atoms with Crippen molar-refractivity contribution >= 4 is 0 Å². The molecule has 0 aliphatic carbocycles. The van der Waals surface area contributed by atoms with Crippen LogP contribution in [0, 0.1) is 0 Å². The van der Waals surface area contributed by atoms with Gasteiger partial charge in [0.1, 0.15) is 0 Å². The highest BCUT2D eigenvalue weighted by Gasteiger charge is 1.93. The van der Waals surface area contributed by atoms with Gasteiger partial charge in [0, 0.05) is 13.2 Å². The topological polar surface area (TPSA) is 61.0 Å². The normalized spacial score (nSPS) is 11.1. The summed E-state index contributed by atoms with van der Waals surface area (Å²) in [5.41, 5.74) is 0. The van der Waals surface area contributed by atoms with Crippen LogP contribution in [0.15, 0.2) is 0 Å². The minimum Gasteiger partial charge on any atom is -0.379 e. The zero-order chi connectivity index (χ0) is 15.4. The summed E-state index contributed by atoms with van der Waals surface area (Å²) in [7, 11) is 0. The Bertz CT molecular complexity index is 167. The van der Waals surface area contributed by atoms with Crippen LogP contribution in [0.25, 0.3) is 0 Å². The summed E-state index contributed by atoms with van der Waals surface area (Å²) in [6, 6.07) is 0. The fourth-order valence-electron chi connectivity index (χ4n) is 1.56. The molecule has 0 aliphatic rings. The second-order valence-corrected chi connectivity index (χ2v) is 4.51. The van der Waals surface area contributed by atoms with Gasteiger partial charge in [0.2, 0.25) is 0 Å². The highest BCUT2D eigenvalue weighted by molar-refractivity contribution is 4.43. The SMILES string of the molecule is CCNCCCOCCOCCOCCOCCNCC. The average Bonchev–Trinajstić information content (AvgIpc) is 2.50. The third kappa shape index (κ3) is 19.8. The fraction of sp³-hybridized carbons (Fsp3) is 1.00. The summed E-state index contributed by atoms with van der Waals surface area (Å²) in [6.45, 7) is 13.4. The van der Waals surface area contributed by atoms with Gasteiger partial charge in [-0.3, -0.25) is 0 Å². The standard InChI is InChI=1S/C15H34N2O4/c1-3-16-6-5-8-18-10-12-20-14-15-21-13-11-19-9-7-17-4-2/h16-17H,3-15H2,1-2H3. The van der Waals surface area contributed by atoms with Crippen LogP contribution in [-0.2, 0) is 18.9 Å². The first-order chi connectivity index (χ1) is 10.4. The molecule has 0 unspecified atom stereocenters. The molecular weight excluding hydrogens is 272 g/mol. The maximum Gasteiger partial charge on any atom is 0.0701 e. The molecule has 0 fully saturated rings. The van der Waals surface area contributed by atoms with Crippen molar-refractivity contribution in [2.75, 3.05) is 79.0 Å². The minimum absolute atomic E-state index is 0.608. The van der Waals surface area contributed by atoms with Crippen LogP contribution in [0.2, 0.25) is 0 Å². The van der Waals surface area contributed by atoms with Crippen molar-refractivity contribution in [3.05, 3.63) is 0 Å². The summed E-state index contributed by atoms with van der Waals surface area (Å²) in [5, 5.41) is 6.45. The van der Waals surface area contributed by atoms with Crippen molar-refractivity contribution in [1.82, 2.24) is 10.6 Å². The fourth-order valence-corrected chi connectivity index (χ4v) is 1.56. The summed E-state index contributed by atoms with van der Waals surface area (Å²) in [6.07, 6.45) is 1.05. The molecule has 21 heavy (non-hydrogen) atoms. The highest BCUT2D eigenvalue weighted by atomic mass is 16.6. The molecule has 0 aromatic rings. The zero-order valence-corrected chi connectivity index (χ0v) is 13.8. The monoisotopic (exact) mass is 306 g/mol. The summed E-state index contributed by atoms with van der Waals surface area (Å²) >= 11 is 0. The van der Waals surface area contributed by atoms with Crippen LogP contribution in [-0.4, -0.2) is 79.0 Å². The average molecular weight is 306 g/mol. The quantitative estimate of drug-likeness (QED) is 0.363. The van der Waals surface area contributed by atoms with Gasteiger partial charge in [-0.25, -0.2) is 0 Å². The Kier molecular flexibility index (Phi) is 19.5. The van der Waals surface area contributed by atoms with Crippen LogP contribution < -0.4 is 10.6 Å². The number of nitrogens with one attached hydrogen (secondary N) is 2. The van der Waals surface area contributed by atoms with E-state index in [4.69, 9.17) is 18.9 Å². The lowest BCUT2D eigenvalue weighted by Gasteiger charge is -2.07. The molecule has 0 radical (unpaired) electrons. The summed E-state index contributed by atoms with van der Waals surface area (Å²) < 4.78 is 21.6. The first-order valence-electron chi connectivity index (χ1n) is 8.14. The van der Waals surface area contributed by atoms with Crippen molar-refractivity contribution in [3.8, 4) is 0 Å². The molecule has 0 atom stereocenters. The van der Waals surface area contributed by atoms with Gasteiger partial charge < -0.3 is 29.6 Å². The van der Waals surface area contributed by atoms with Crippen molar-refractivity contribution in [3.63, 3.8) is 0 Å². The molecule has 0 rings (SSSR count). The van der Waals surface area contributed by atoms with Gasteiger partial charge in [-0.05, 0) is 26.1 Å². The molecule has 0 heterocycles. The molecule has 128 valence electrons. The number of ether oxygens (including phenoxy) is 4. The smallest absolute Gasteiger partial charge is 0.0701 e. The first-order valence-corrected chi connectivity index (χ1v) is 8.14. The van der Waals surface area contributed by atoms with Crippen molar-refractivity contribution in [1.29, 1.82) is 0 Å². The van der Waals surface area contributed by atoms with E-state index in [1.807, 2.05) is 0 Å². The molecule has 0 saturated heterocycles. The lowest BCUT2D eigenvalue weighted by molar-refractivity contribution is -0.00158. The minimum atomic E-state index is 0.608. The van der Waals surface area contributed by atoms with Gasteiger partial charge in [0.15, 0.2) is 0 Å². The van der Waals surface area contributed by atoms with Gasteiger partial charge in [-0.2, -0.15) is 0 Å². The Labute approximate surface area is 129 Å². The number of hydrogen-bond acceptors (Lipinski definition) is 6. The lowest BCUT2D eigenvalue weighted by atomic mass is 10.4. The zero-order valence-electron chi connectivity index (χ0n) is 13.8. The van der Waals surface area contributed by atoms with Gasteiger partial charge in [-0.1, -0.05) is 13.8 Å². The number of hydrogen-bond donors (Lipinski definition) is 2. The maximum atomic E-state index is 5.44. The predicted molar refractivity (Wildman–Crippen MR) is 85.0 cm³/mol. The van der Waals surface area contributed by atoms with Crippen LogP contribution in [0.1, 0.15) is 20.3 Å². The van der Waals surface area contributed by atoms with E-state index in [1.54, 1.807) is 0 Å². The summed E-state index contributed by atoms with van der Waals surface area (Å²) in [4.78, 5) is 0. The first kappa shape index (κ1) is 20.8. The molecule has 2 N–H and O–H groups in total. The van der Waals surface area contributed by atoms with Crippen molar-refractivity contribution in [2.45, 2.75) is 20.3 Å². The molecule has 0 spiro atoms. The van der Waals surface area contributed by atoms with Crippen molar-refractivity contribution < 1.29 is 18.9 Å². The van der Waals surface area contributed by atoms with E-state index in [-0.39, 0.29) is 0 Å². The van der Waals surface area contributed by atoms with E-state index in [2.05, 4.69) is 24.5 Å². The largest absolute Gasteiger partial charge is 0.379 e. The molecule has 0 amide bonds. The second kappa shape index (κ2) is 19.8. The Morgan fingerprint density at radius 2 is 0.952 bits per heavy atom. The van der Waals surface area contributed by atoms with Crippen LogP contribution in [0.3, 0.4) is 0 Å². The van der Waals surface area contributed by atoms with E-state index in [0.29, 0.717) is 39.6 Å². The highest BCUT2D eigenvalue weighted by Crippen LogP contribution is 1.84. The Morgan fingerprint density at radius 3 is 1.48 bits per heavy atom. The number of rotatable bonds is 18. The second-order valence-electron chi connectivity index (χ2n) is 4.51. The van der Waals surface area contributed by atoms with Crippen molar-refractivity contribution in [2.24, 2.45) is 0 Å². The molecule has 0 saturated carbocycles. The summed E-state index contributed by atoms with van der Waals surface area (Å²) in [5.74, 6) is 0. The Balaban J connectivity index is 2.90. The molecule has 6 nitrogen and oxygen atoms in total. The lowest BCUT2D eigenvalue weighted by Crippen LogP contribution is -2.20. The maximum absolute atomic E-state index is 5.44. The van der Waals surface area contributed by atoms with Gasteiger partial charge in [0.05, 0.1) is 46.2 Å². The van der Waals surface area contributed by atoms with E-state index in [9.17, 15) is 0 Å². The molecular formula is C15H34N2O4. The van der Waals surface area contributed by atoms with E-state index < -0.39 is 0 Å².